The minimum Gasteiger partial charge on any atom is -0.465 e. The van der Waals surface area contributed by atoms with Crippen LogP contribution in [0.2, 0.25) is 0 Å². The second-order valence-corrected chi connectivity index (χ2v) is 5.66. The fraction of sp³-hybridized carbons (Fsp3) is 0.100. The van der Waals surface area contributed by atoms with Gasteiger partial charge in [-0.25, -0.2) is 14.8 Å². The number of carbonyl (C=O) groups excluding carboxylic acids is 2. The monoisotopic (exact) mass is 362 g/mol. The van der Waals surface area contributed by atoms with Gasteiger partial charge >= 0.3 is 5.97 Å². The predicted octanol–water partition coefficient (Wildman–Crippen LogP) is 2.94. The Morgan fingerprint density at radius 2 is 1.59 bits per heavy atom. The van der Waals surface area contributed by atoms with Crippen LogP contribution in [0.15, 0.2) is 67.0 Å². The van der Waals surface area contributed by atoms with E-state index in [0.29, 0.717) is 29.3 Å². The lowest BCUT2D eigenvalue weighted by Gasteiger charge is -2.07. The number of ether oxygens (including phenoxy) is 1. The van der Waals surface area contributed by atoms with Crippen molar-refractivity contribution >= 4 is 23.5 Å². The summed E-state index contributed by atoms with van der Waals surface area (Å²) in [6.45, 7) is 0.437. The van der Waals surface area contributed by atoms with Crippen molar-refractivity contribution in [2.24, 2.45) is 0 Å². The summed E-state index contributed by atoms with van der Waals surface area (Å²) in [6, 6.07) is 16.4. The molecule has 1 amide bonds. The van der Waals surface area contributed by atoms with Crippen LogP contribution in [0.1, 0.15) is 26.3 Å². The normalized spacial score (nSPS) is 10.1. The van der Waals surface area contributed by atoms with Crippen molar-refractivity contribution in [2.45, 2.75) is 6.54 Å². The number of benzene rings is 2. The Balaban J connectivity index is 1.58. The smallest absolute Gasteiger partial charge is 0.337 e. The van der Waals surface area contributed by atoms with Crippen LogP contribution in [0, 0.1) is 0 Å². The second kappa shape index (κ2) is 8.57. The van der Waals surface area contributed by atoms with Crippen LogP contribution in [0.25, 0.3) is 0 Å². The highest BCUT2D eigenvalue weighted by Crippen LogP contribution is 2.14. The summed E-state index contributed by atoms with van der Waals surface area (Å²) in [5.41, 5.74) is 2.55. The third kappa shape index (κ3) is 4.88. The molecule has 2 aromatic carbocycles. The number of carbonyl (C=O) groups is 2. The van der Waals surface area contributed by atoms with Gasteiger partial charge in [0.05, 0.1) is 18.2 Å². The quantitative estimate of drug-likeness (QED) is 0.655. The van der Waals surface area contributed by atoms with Gasteiger partial charge in [0.1, 0.15) is 0 Å². The van der Waals surface area contributed by atoms with Gasteiger partial charge < -0.3 is 15.4 Å². The number of rotatable bonds is 6. The van der Waals surface area contributed by atoms with Gasteiger partial charge in [-0.15, -0.1) is 0 Å². The van der Waals surface area contributed by atoms with Crippen molar-refractivity contribution in [2.75, 3.05) is 12.4 Å². The average Bonchev–Trinajstić information content (AvgIpc) is 2.73. The molecule has 0 saturated carbocycles. The van der Waals surface area contributed by atoms with Gasteiger partial charge in [-0.2, -0.15) is 0 Å². The topological polar surface area (TPSA) is 93.2 Å². The fourth-order valence-electron chi connectivity index (χ4n) is 2.33. The van der Waals surface area contributed by atoms with Gasteiger partial charge in [-0.1, -0.05) is 30.3 Å². The summed E-state index contributed by atoms with van der Waals surface area (Å²) in [4.78, 5) is 31.9. The molecule has 3 rings (SSSR count). The van der Waals surface area contributed by atoms with Crippen molar-refractivity contribution in [1.29, 1.82) is 0 Å². The Morgan fingerprint density at radius 1 is 0.926 bits per heavy atom. The van der Waals surface area contributed by atoms with Crippen LogP contribution in [0.4, 0.5) is 11.6 Å². The van der Waals surface area contributed by atoms with E-state index < -0.39 is 5.97 Å². The largest absolute Gasteiger partial charge is 0.465 e. The molecule has 7 heteroatoms. The molecule has 1 aromatic heterocycles. The third-order valence-electron chi connectivity index (χ3n) is 3.77. The summed E-state index contributed by atoms with van der Waals surface area (Å²) < 4.78 is 4.66. The fourth-order valence-corrected chi connectivity index (χ4v) is 2.33. The van der Waals surface area contributed by atoms with E-state index in [9.17, 15) is 9.59 Å². The number of anilines is 2. The maximum absolute atomic E-state index is 12.2. The van der Waals surface area contributed by atoms with Gasteiger partial charge in [-0.05, 0) is 29.8 Å². The van der Waals surface area contributed by atoms with E-state index in [1.165, 1.54) is 19.5 Å². The van der Waals surface area contributed by atoms with E-state index in [1.54, 1.807) is 24.3 Å². The van der Waals surface area contributed by atoms with Crippen LogP contribution in [-0.4, -0.2) is 29.0 Å². The molecule has 0 spiro atoms. The first-order valence-electron chi connectivity index (χ1n) is 8.25. The molecule has 0 unspecified atom stereocenters. The standard InChI is InChI=1S/C20H18N4O3/c1-27-19(26)15-7-9-17(10-8-15)24-20-22-12-16(13-23-20)18(25)21-11-14-5-3-2-4-6-14/h2-10,12-13H,11H2,1H3,(H,21,25)(H,22,23,24). The average molecular weight is 362 g/mol. The van der Waals surface area contributed by atoms with Crippen LogP contribution in [0.3, 0.4) is 0 Å². The number of esters is 1. The zero-order valence-electron chi connectivity index (χ0n) is 14.7. The van der Waals surface area contributed by atoms with E-state index in [0.717, 1.165) is 5.56 Å². The highest BCUT2D eigenvalue weighted by atomic mass is 16.5. The van der Waals surface area contributed by atoms with Crippen LogP contribution >= 0.6 is 0 Å². The summed E-state index contributed by atoms with van der Waals surface area (Å²) >= 11 is 0. The summed E-state index contributed by atoms with van der Waals surface area (Å²) in [5.74, 6) is -0.295. The minimum atomic E-state index is -0.399. The van der Waals surface area contributed by atoms with Crippen molar-refractivity contribution in [3.05, 3.63) is 83.7 Å². The molecule has 0 fully saturated rings. The van der Waals surface area contributed by atoms with E-state index in [-0.39, 0.29) is 5.91 Å². The SMILES string of the molecule is COC(=O)c1ccc(Nc2ncc(C(=O)NCc3ccccc3)cn2)cc1. The molecule has 27 heavy (non-hydrogen) atoms. The summed E-state index contributed by atoms with van der Waals surface area (Å²) in [5, 5.41) is 5.83. The lowest BCUT2D eigenvalue weighted by molar-refractivity contribution is 0.0600. The molecular formula is C20H18N4O3. The van der Waals surface area contributed by atoms with E-state index in [4.69, 9.17) is 0 Å². The second-order valence-electron chi connectivity index (χ2n) is 5.66. The number of nitrogens with one attached hydrogen (secondary N) is 2. The zero-order chi connectivity index (χ0) is 19.1. The highest BCUT2D eigenvalue weighted by molar-refractivity contribution is 5.93. The number of amides is 1. The van der Waals surface area contributed by atoms with E-state index in [2.05, 4.69) is 25.3 Å². The molecule has 0 aliphatic heterocycles. The number of methoxy groups -OCH3 is 1. The van der Waals surface area contributed by atoms with Gasteiger partial charge in [0.15, 0.2) is 0 Å². The number of hydrogen-bond donors (Lipinski definition) is 2. The van der Waals surface area contributed by atoms with Gasteiger partial charge in [-0.3, -0.25) is 4.79 Å². The van der Waals surface area contributed by atoms with Crippen molar-refractivity contribution in [1.82, 2.24) is 15.3 Å². The lowest BCUT2D eigenvalue weighted by Crippen LogP contribution is -2.23. The third-order valence-corrected chi connectivity index (χ3v) is 3.77. The summed E-state index contributed by atoms with van der Waals surface area (Å²) in [7, 11) is 1.33. The molecule has 0 bridgehead atoms. The summed E-state index contributed by atoms with van der Waals surface area (Å²) in [6.07, 6.45) is 2.91. The lowest BCUT2D eigenvalue weighted by atomic mass is 10.2. The zero-order valence-corrected chi connectivity index (χ0v) is 14.7. The molecule has 0 saturated heterocycles. The van der Waals surface area contributed by atoms with Crippen molar-refractivity contribution < 1.29 is 14.3 Å². The first-order valence-corrected chi connectivity index (χ1v) is 8.25. The van der Waals surface area contributed by atoms with Gasteiger partial charge in [0.25, 0.3) is 5.91 Å². The van der Waals surface area contributed by atoms with Crippen molar-refractivity contribution in [3.8, 4) is 0 Å². The van der Waals surface area contributed by atoms with Gasteiger partial charge in [0, 0.05) is 24.6 Å². The molecule has 3 aromatic rings. The Hall–Kier alpha value is -3.74. The molecule has 136 valence electrons. The Bertz CT molecular complexity index is 910. The minimum absolute atomic E-state index is 0.243. The molecule has 0 atom stereocenters. The first kappa shape index (κ1) is 18.1. The molecule has 0 radical (unpaired) electrons. The Kier molecular flexibility index (Phi) is 5.73. The van der Waals surface area contributed by atoms with Crippen LogP contribution in [0.5, 0.6) is 0 Å². The molecule has 7 nitrogen and oxygen atoms in total. The maximum Gasteiger partial charge on any atom is 0.337 e. The molecule has 1 heterocycles. The van der Waals surface area contributed by atoms with Crippen LogP contribution < -0.4 is 10.6 Å². The molecule has 2 N–H and O–H groups in total. The van der Waals surface area contributed by atoms with Crippen molar-refractivity contribution in [3.63, 3.8) is 0 Å². The number of hydrogen-bond acceptors (Lipinski definition) is 6. The van der Waals surface area contributed by atoms with Gasteiger partial charge in [0.2, 0.25) is 5.95 Å². The number of aromatic nitrogens is 2. The molecule has 0 aliphatic rings. The Labute approximate surface area is 156 Å². The maximum atomic E-state index is 12.2. The van der Waals surface area contributed by atoms with Crippen LogP contribution in [-0.2, 0) is 11.3 Å². The molecule has 0 aliphatic carbocycles. The predicted molar refractivity (Wildman–Crippen MR) is 101 cm³/mol. The Morgan fingerprint density at radius 3 is 2.22 bits per heavy atom. The molecular weight excluding hydrogens is 344 g/mol. The highest BCUT2D eigenvalue weighted by Gasteiger charge is 2.08. The van der Waals surface area contributed by atoms with E-state index >= 15 is 0 Å². The van der Waals surface area contributed by atoms with E-state index in [1.807, 2.05) is 30.3 Å². The number of nitrogens with zero attached hydrogens (tertiary/aromatic N) is 2. The first-order chi connectivity index (χ1) is 13.2.